The number of hydrogen-bond donors (Lipinski definition) is 3. The predicted molar refractivity (Wildman–Crippen MR) is 158 cm³/mol. The lowest BCUT2D eigenvalue weighted by atomic mass is 9.83. The molecule has 0 radical (unpaired) electrons. The van der Waals surface area contributed by atoms with Crippen LogP contribution in [-0.4, -0.2) is 66.2 Å². The van der Waals surface area contributed by atoms with Crippen LogP contribution >= 0.6 is 0 Å². The van der Waals surface area contributed by atoms with Gasteiger partial charge in [0.05, 0.1) is 19.3 Å². The number of benzene rings is 2. The van der Waals surface area contributed by atoms with Gasteiger partial charge in [0.1, 0.15) is 12.1 Å². The number of hydrogen-bond acceptors (Lipinski definition) is 6. The summed E-state index contributed by atoms with van der Waals surface area (Å²) in [5.74, 6) is 7.35. The van der Waals surface area contributed by atoms with E-state index in [-0.39, 0.29) is 12.5 Å². The van der Waals surface area contributed by atoms with E-state index < -0.39 is 24.2 Å². The zero-order chi connectivity index (χ0) is 28.5. The van der Waals surface area contributed by atoms with Crippen molar-refractivity contribution in [3.05, 3.63) is 65.7 Å². The third-order valence-corrected chi connectivity index (χ3v) is 8.25. The van der Waals surface area contributed by atoms with Crippen molar-refractivity contribution in [1.29, 1.82) is 0 Å². The second-order valence-electron chi connectivity index (χ2n) is 11.5. The Morgan fingerprint density at radius 1 is 1.12 bits per heavy atom. The topological polar surface area (TPSA) is 85.3 Å². The van der Waals surface area contributed by atoms with Gasteiger partial charge in [-0.25, -0.2) is 0 Å². The quantitative estimate of drug-likeness (QED) is 0.308. The largest absolute Gasteiger partial charge is 0.396 e. The maximum atomic E-state index is 13.4. The summed E-state index contributed by atoms with van der Waals surface area (Å²) in [6.07, 6.45) is 4.18. The Hall–Kier alpha value is -2.89. The van der Waals surface area contributed by atoms with Gasteiger partial charge < -0.3 is 20.4 Å². The van der Waals surface area contributed by atoms with E-state index >= 15 is 0 Å². The number of carbonyl (C=O) groups is 1. The first-order chi connectivity index (χ1) is 19.4. The molecule has 0 bridgehead atoms. The van der Waals surface area contributed by atoms with Crippen molar-refractivity contribution < 1.29 is 19.8 Å². The maximum Gasteiger partial charge on any atom is 0.240 e. The van der Waals surface area contributed by atoms with E-state index in [1.165, 1.54) is 25.7 Å². The van der Waals surface area contributed by atoms with E-state index in [2.05, 4.69) is 41.1 Å². The van der Waals surface area contributed by atoms with Crippen molar-refractivity contribution in [3.8, 4) is 11.8 Å². The number of nitrogens with one attached hydrogen (secondary N) is 1. The summed E-state index contributed by atoms with van der Waals surface area (Å²) in [5.41, 5.74) is 3.08. The molecule has 0 spiro atoms. The van der Waals surface area contributed by atoms with Crippen molar-refractivity contribution in [2.45, 2.75) is 70.7 Å². The van der Waals surface area contributed by atoms with Crippen molar-refractivity contribution in [2.24, 2.45) is 17.8 Å². The fraction of sp³-hybridized carbons (Fsp3) is 0.545. The number of aliphatic hydroxyl groups excluding tert-OH is 2. The average molecular weight is 548 g/mol. The Morgan fingerprint density at radius 2 is 1.82 bits per heavy atom. The van der Waals surface area contributed by atoms with Crippen LogP contribution in [0.3, 0.4) is 0 Å². The Balaban J connectivity index is 1.35. The van der Waals surface area contributed by atoms with Crippen molar-refractivity contribution in [1.82, 2.24) is 10.4 Å². The van der Waals surface area contributed by atoms with E-state index in [0.717, 1.165) is 35.7 Å². The molecule has 1 saturated heterocycles. The first-order valence-electron chi connectivity index (χ1n) is 14.7. The number of amides is 1. The van der Waals surface area contributed by atoms with Gasteiger partial charge in [0.2, 0.25) is 5.91 Å². The summed E-state index contributed by atoms with van der Waals surface area (Å²) < 4.78 is 0. The molecule has 1 saturated carbocycles. The summed E-state index contributed by atoms with van der Waals surface area (Å²) >= 11 is 0. The molecule has 7 nitrogen and oxygen atoms in total. The Kier molecular flexibility index (Phi) is 11.0. The van der Waals surface area contributed by atoms with Crippen LogP contribution in [0.2, 0.25) is 0 Å². The zero-order valence-electron chi connectivity index (χ0n) is 24.1. The van der Waals surface area contributed by atoms with Crippen LogP contribution in [0, 0.1) is 29.6 Å². The second-order valence-corrected chi connectivity index (χ2v) is 11.5. The molecule has 4 atom stereocenters. The summed E-state index contributed by atoms with van der Waals surface area (Å²) in [7, 11) is 2.03. The normalized spacial score (nSPS) is 25.6. The maximum absolute atomic E-state index is 13.4. The van der Waals surface area contributed by atoms with Gasteiger partial charge in [-0.15, -0.1) is 0 Å². The first kappa shape index (κ1) is 30.1. The first-order valence-corrected chi connectivity index (χ1v) is 14.7. The number of aliphatic hydroxyl groups is 2. The minimum Gasteiger partial charge on any atom is -0.396 e. The van der Waals surface area contributed by atoms with Crippen LogP contribution in [-0.2, 0) is 16.2 Å². The molecule has 1 amide bonds. The zero-order valence-corrected chi connectivity index (χ0v) is 24.1. The minimum absolute atomic E-state index is 0.200. The molecule has 3 N–H and O–H groups in total. The fourth-order valence-electron chi connectivity index (χ4n) is 5.71. The molecule has 2 aromatic rings. The van der Waals surface area contributed by atoms with Gasteiger partial charge in [-0.3, -0.25) is 9.63 Å². The molecule has 2 aromatic carbocycles. The SMILES string of the molecule is CC1CCC(C#Cc2ccc(CN3O[C@H]([C@@H](C)O)[C@H](CO)[C@@H]3C(=O)NCCCN(C)c3ccccc3)cc2)CC1. The predicted octanol–water partition coefficient (Wildman–Crippen LogP) is 3.98. The Morgan fingerprint density at radius 3 is 2.48 bits per heavy atom. The molecule has 2 aliphatic rings. The molecule has 1 aliphatic carbocycles. The van der Waals surface area contributed by atoms with Gasteiger partial charge in [0.15, 0.2) is 0 Å². The summed E-state index contributed by atoms with van der Waals surface area (Å²) in [6, 6.07) is 17.5. The number of anilines is 1. The van der Waals surface area contributed by atoms with Crippen molar-refractivity contribution in [3.63, 3.8) is 0 Å². The molecule has 4 rings (SSSR count). The van der Waals surface area contributed by atoms with Gasteiger partial charge in [0.25, 0.3) is 0 Å². The Bertz CT molecular complexity index is 1120. The van der Waals surface area contributed by atoms with Gasteiger partial charge in [0, 0.05) is 43.2 Å². The molecule has 216 valence electrons. The van der Waals surface area contributed by atoms with Crippen LogP contribution in [0.4, 0.5) is 5.69 Å². The number of para-hydroxylation sites is 1. The van der Waals surface area contributed by atoms with Crippen LogP contribution in [0.5, 0.6) is 0 Å². The molecule has 1 heterocycles. The van der Waals surface area contributed by atoms with E-state index in [4.69, 9.17) is 4.84 Å². The highest BCUT2D eigenvalue weighted by Gasteiger charge is 2.48. The fourth-order valence-corrected chi connectivity index (χ4v) is 5.71. The lowest BCUT2D eigenvalue weighted by molar-refractivity contribution is -0.192. The van der Waals surface area contributed by atoms with E-state index in [0.29, 0.717) is 19.0 Å². The van der Waals surface area contributed by atoms with E-state index in [9.17, 15) is 15.0 Å². The van der Waals surface area contributed by atoms with Crippen LogP contribution < -0.4 is 10.2 Å². The smallest absolute Gasteiger partial charge is 0.240 e. The molecule has 1 aliphatic heterocycles. The average Bonchev–Trinajstić information content (AvgIpc) is 3.34. The van der Waals surface area contributed by atoms with Crippen LogP contribution in [0.15, 0.2) is 54.6 Å². The standard InChI is InChI=1S/C33H45N3O4/c1-24-10-12-26(13-11-24)14-15-27-16-18-28(19-17-27)22-36-31(30(23-37)32(40-36)25(2)38)33(39)34-20-7-21-35(3)29-8-5-4-6-9-29/h4-6,8-9,16-19,24-26,30-32,37-38H,7,10-13,20-23H2,1-3H3,(H,34,39)/t24?,25-,26?,30-,31-,32-/m1/s1. The van der Waals surface area contributed by atoms with Crippen molar-refractivity contribution in [2.75, 3.05) is 31.6 Å². The lowest BCUT2D eigenvalue weighted by Gasteiger charge is -2.25. The number of hydroxylamine groups is 2. The third-order valence-electron chi connectivity index (χ3n) is 8.25. The molecular formula is C33H45N3O4. The second kappa shape index (κ2) is 14.7. The molecule has 0 aromatic heterocycles. The number of nitrogens with zero attached hydrogens (tertiary/aromatic N) is 2. The molecular weight excluding hydrogens is 502 g/mol. The van der Waals surface area contributed by atoms with Gasteiger partial charge in [-0.1, -0.05) is 49.1 Å². The van der Waals surface area contributed by atoms with E-state index in [1.54, 1.807) is 12.0 Å². The molecule has 0 unspecified atom stereocenters. The molecule has 2 fully saturated rings. The lowest BCUT2D eigenvalue weighted by Crippen LogP contribution is -2.48. The Labute approximate surface area is 239 Å². The van der Waals surface area contributed by atoms with E-state index in [1.807, 2.05) is 49.5 Å². The molecule has 40 heavy (non-hydrogen) atoms. The van der Waals surface area contributed by atoms with Crippen LogP contribution in [0.25, 0.3) is 0 Å². The number of carbonyl (C=O) groups excluding carboxylic acids is 1. The monoisotopic (exact) mass is 547 g/mol. The highest BCUT2D eigenvalue weighted by atomic mass is 16.7. The summed E-state index contributed by atoms with van der Waals surface area (Å²) in [4.78, 5) is 21.6. The summed E-state index contributed by atoms with van der Waals surface area (Å²) in [6.45, 7) is 5.36. The van der Waals surface area contributed by atoms with Crippen molar-refractivity contribution >= 4 is 11.6 Å². The summed E-state index contributed by atoms with van der Waals surface area (Å²) in [5, 5.41) is 25.1. The van der Waals surface area contributed by atoms with Gasteiger partial charge >= 0.3 is 0 Å². The minimum atomic E-state index is -0.822. The van der Waals surface area contributed by atoms with Gasteiger partial charge in [-0.05, 0) is 74.8 Å². The highest BCUT2D eigenvalue weighted by Crippen LogP contribution is 2.32. The third kappa shape index (κ3) is 8.08. The molecule has 7 heteroatoms. The number of rotatable bonds is 10. The van der Waals surface area contributed by atoms with Gasteiger partial charge in [-0.2, -0.15) is 5.06 Å². The highest BCUT2D eigenvalue weighted by molar-refractivity contribution is 5.82. The van der Waals surface area contributed by atoms with Crippen LogP contribution in [0.1, 0.15) is 57.1 Å².